The number of ether oxygens (including phenoxy) is 1. The van der Waals surface area contributed by atoms with Gasteiger partial charge in [0.2, 0.25) is 11.8 Å². The predicted octanol–water partition coefficient (Wildman–Crippen LogP) is 4.59. The van der Waals surface area contributed by atoms with Crippen molar-refractivity contribution >= 4 is 34.3 Å². The molecule has 0 radical (unpaired) electrons. The summed E-state index contributed by atoms with van der Waals surface area (Å²) in [4.78, 5) is 18.2. The molecule has 0 atom stereocenters. The van der Waals surface area contributed by atoms with Crippen LogP contribution < -0.4 is 10.3 Å². The molecular formula is C21H19ClN4O3S. The van der Waals surface area contributed by atoms with Crippen LogP contribution in [0, 0.1) is 6.92 Å². The van der Waals surface area contributed by atoms with Crippen LogP contribution in [-0.2, 0) is 12.2 Å². The van der Waals surface area contributed by atoms with Gasteiger partial charge in [0.05, 0.1) is 29.5 Å². The number of aryl methyl sites for hydroxylation is 2. The quantitative estimate of drug-likeness (QED) is 0.319. The van der Waals surface area contributed by atoms with Crippen LogP contribution in [0.4, 0.5) is 0 Å². The molecular weight excluding hydrogens is 424 g/mol. The maximum absolute atomic E-state index is 13.5. The van der Waals surface area contributed by atoms with Crippen molar-refractivity contribution in [1.82, 2.24) is 19.7 Å². The summed E-state index contributed by atoms with van der Waals surface area (Å²) in [6.07, 6.45) is 0.662. The normalized spacial score (nSPS) is 11.2. The van der Waals surface area contributed by atoms with Crippen LogP contribution >= 0.6 is 23.4 Å². The van der Waals surface area contributed by atoms with Gasteiger partial charge in [-0.2, -0.15) is 0 Å². The Bertz CT molecular complexity index is 1290. The minimum atomic E-state index is -0.206. The van der Waals surface area contributed by atoms with Crippen molar-refractivity contribution in [1.29, 1.82) is 0 Å². The van der Waals surface area contributed by atoms with Crippen molar-refractivity contribution < 1.29 is 9.15 Å². The summed E-state index contributed by atoms with van der Waals surface area (Å²) in [5, 5.41) is 9.51. The fraction of sp³-hybridized carbons (Fsp3) is 0.238. The minimum Gasteiger partial charge on any atom is -0.495 e. The molecule has 0 saturated carbocycles. The maximum Gasteiger partial charge on any atom is 0.266 e. The summed E-state index contributed by atoms with van der Waals surface area (Å²) in [6.45, 7) is 3.90. The number of hydrogen-bond donors (Lipinski definition) is 0. The number of fused-ring (bicyclic) bond motifs is 1. The van der Waals surface area contributed by atoms with Crippen LogP contribution in [0.5, 0.6) is 5.75 Å². The molecule has 4 rings (SSSR count). The van der Waals surface area contributed by atoms with Crippen molar-refractivity contribution in [2.45, 2.75) is 31.2 Å². The first-order valence-corrected chi connectivity index (χ1v) is 10.7. The third kappa shape index (κ3) is 3.93. The average molecular weight is 443 g/mol. The zero-order chi connectivity index (χ0) is 21.3. The first kappa shape index (κ1) is 20.4. The Balaban J connectivity index is 1.89. The number of aromatic nitrogens is 4. The summed E-state index contributed by atoms with van der Waals surface area (Å²) in [5.74, 6) is 1.99. The van der Waals surface area contributed by atoms with Crippen LogP contribution in [0.3, 0.4) is 0 Å². The molecule has 0 aliphatic rings. The average Bonchev–Trinajstić information content (AvgIpc) is 3.20. The molecule has 2 heterocycles. The zero-order valence-electron chi connectivity index (χ0n) is 16.7. The highest BCUT2D eigenvalue weighted by Gasteiger charge is 2.18. The fourth-order valence-corrected chi connectivity index (χ4v) is 4.05. The summed E-state index contributed by atoms with van der Waals surface area (Å²) < 4.78 is 12.7. The van der Waals surface area contributed by atoms with E-state index in [4.69, 9.17) is 25.7 Å². The van der Waals surface area contributed by atoms with Crippen LogP contribution in [-0.4, -0.2) is 26.9 Å². The Morgan fingerprint density at radius 2 is 1.97 bits per heavy atom. The van der Waals surface area contributed by atoms with Gasteiger partial charge in [0.15, 0.2) is 5.16 Å². The molecule has 0 amide bonds. The minimum absolute atomic E-state index is 0.206. The van der Waals surface area contributed by atoms with Gasteiger partial charge >= 0.3 is 0 Å². The smallest absolute Gasteiger partial charge is 0.266 e. The van der Waals surface area contributed by atoms with Crippen molar-refractivity contribution in [3.05, 3.63) is 69.1 Å². The molecule has 2 aromatic carbocycles. The molecule has 4 aromatic rings. The lowest BCUT2D eigenvalue weighted by molar-refractivity contribution is 0.411. The Morgan fingerprint density at radius 1 is 1.17 bits per heavy atom. The number of benzene rings is 2. The first-order valence-electron chi connectivity index (χ1n) is 9.31. The van der Waals surface area contributed by atoms with E-state index in [9.17, 15) is 4.79 Å². The van der Waals surface area contributed by atoms with Crippen molar-refractivity contribution in [2.75, 3.05) is 7.11 Å². The Morgan fingerprint density at radius 3 is 2.70 bits per heavy atom. The topological polar surface area (TPSA) is 83.0 Å². The highest BCUT2D eigenvalue weighted by atomic mass is 35.5. The molecule has 0 bridgehead atoms. The van der Waals surface area contributed by atoms with Gasteiger partial charge in [0, 0.05) is 11.4 Å². The van der Waals surface area contributed by atoms with E-state index in [2.05, 4.69) is 10.2 Å². The molecule has 7 nitrogen and oxygen atoms in total. The van der Waals surface area contributed by atoms with Crippen molar-refractivity contribution in [3.63, 3.8) is 0 Å². The van der Waals surface area contributed by atoms with Gasteiger partial charge in [-0.1, -0.05) is 36.4 Å². The van der Waals surface area contributed by atoms with Crippen LogP contribution in [0.1, 0.15) is 24.3 Å². The number of nitrogens with zero attached hydrogens (tertiary/aromatic N) is 4. The Kier molecular flexibility index (Phi) is 5.78. The lowest BCUT2D eigenvalue weighted by Gasteiger charge is -2.16. The third-order valence-electron chi connectivity index (χ3n) is 4.51. The van der Waals surface area contributed by atoms with Crippen molar-refractivity contribution in [2.24, 2.45) is 0 Å². The first-order chi connectivity index (χ1) is 14.5. The number of hydrogen-bond acceptors (Lipinski definition) is 7. The molecule has 2 aromatic heterocycles. The second-order valence-electron chi connectivity index (χ2n) is 6.60. The van der Waals surface area contributed by atoms with Crippen LogP contribution in [0.15, 0.2) is 50.8 Å². The van der Waals surface area contributed by atoms with Gasteiger partial charge in [-0.3, -0.25) is 9.36 Å². The molecule has 0 fully saturated rings. The lowest BCUT2D eigenvalue weighted by atomic mass is 10.2. The summed E-state index contributed by atoms with van der Waals surface area (Å²) in [5.41, 5.74) is 1.93. The molecule has 0 saturated heterocycles. The summed E-state index contributed by atoms with van der Waals surface area (Å²) in [6, 6.07) is 10.7. The van der Waals surface area contributed by atoms with Gasteiger partial charge < -0.3 is 9.15 Å². The second kappa shape index (κ2) is 8.49. The van der Waals surface area contributed by atoms with Gasteiger partial charge in [-0.15, -0.1) is 10.2 Å². The molecule has 154 valence electrons. The molecule has 0 N–H and O–H groups in total. The second-order valence-corrected chi connectivity index (χ2v) is 7.98. The van der Waals surface area contributed by atoms with E-state index in [-0.39, 0.29) is 5.56 Å². The summed E-state index contributed by atoms with van der Waals surface area (Å²) >= 11 is 7.47. The highest BCUT2D eigenvalue weighted by Crippen LogP contribution is 2.30. The lowest BCUT2D eigenvalue weighted by Crippen LogP contribution is -2.22. The van der Waals surface area contributed by atoms with E-state index in [1.54, 1.807) is 29.9 Å². The van der Waals surface area contributed by atoms with Gasteiger partial charge in [-0.05, 0) is 42.8 Å². The molecule has 0 unspecified atom stereocenters. The molecule has 30 heavy (non-hydrogen) atoms. The third-order valence-corrected chi connectivity index (χ3v) is 5.67. The monoisotopic (exact) mass is 442 g/mol. The SMILES string of the molecule is CCc1nnc(CSc2nc3cc(Cl)ccc3c(=O)n2-c2cc(C)ccc2OC)o1. The zero-order valence-corrected chi connectivity index (χ0v) is 18.3. The van der Waals surface area contributed by atoms with Crippen molar-refractivity contribution in [3.8, 4) is 11.4 Å². The number of thioether (sulfide) groups is 1. The van der Waals surface area contributed by atoms with Gasteiger partial charge in [0.1, 0.15) is 5.75 Å². The molecule has 0 aliphatic carbocycles. The molecule has 9 heteroatoms. The number of rotatable bonds is 6. The van der Waals surface area contributed by atoms with E-state index < -0.39 is 0 Å². The largest absolute Gasteiger partial charge is 0.495 e. The van der Waals surface area contributed by atoms with Gasteiger partial charge in [0.25, 0.3) is 5.56 Å². The standard InChI is InChI=1S/C21H19ClN4O3S/c1-4-18-24-25-19(29-18)11-30-21-23-15-10-13(22)6-7-14(15)20(27)26(21)16-9-12(2)5-8-17(16)28-3/h5-10H,4,11H2,1-3H3. The number of halogens is 1. The fourth-order valence-electron chi connectivity index (χ4n) is 3.04. The van der Waals surface area contributed by atoms with E-state index in [0.29, 0.717) is 56.5 Å². The Hall–Kier alpha value is -2.84. The molecule has 0 aliphatic heterocycles. The van der Waals surface area contributed by atoms with Crippen LogP contribution in [0.25, 0.3) is 16.6 Å². The maximum atomic E-state index is 13.5. The van der Waals surface area contributed by atoms with E-state index in [1.807, 2.05) is 32.0 Å². The van der Waals surface area contributed by atoms with E-state index in [0.717, 1.165) is 5.56 Å². The van der Waals surface area contributed by atoms with Gasteiger partial charge in [-0.25, -0.2) is 4.98 Å². The Labute approximate surface area is 182 Å². The predicted molar refractivity (Wildman–Crippen MR) is 117 cm³/mol. The van der Waals surface area contributed by atoms with E-state index in [1.165, 1.54) is 11.8 Å². The molecule has 0 spiro atoms. The van der Waals surface area contributed by atoms with E-state index >= 15 is 0 Å². The highest BCUT2D eigenvalue weighted by molar-refractivity contribution is 7.98. The number of methoxy groups -OCH3 is 1. The van der Waals surface area contributed by atoms with Crippen LogP contribution in [0.2, 0.25) is 5.02 Å². The summed E-state index contributed by atoms with van der Waals surface area (Å²) in [7, 11) is 1.57.